The summed E-state index contributed by atoms with van der Waals surface area (Å²) in [5.41, 5.74) is 4.13. The second-order valence-electron chi connectivity index (χ2n) is 9.14. The zero-order valence-corrected chi connectivity index (χ0v) is 21.9. The van der Waals surface area contributed by atoms with Gasteiger partial charge in [-0.05, 0) is 59.4 Å². The number of hydrogen-bond acceptors (Lipinski definition) is 5. The molecule has 5 N–H and O–H groups in total. The number of rotatable bonds is 11. The highest BCUT2D eigenvalue weighted by Crippen LogP contribution is 2.18. The van der Waals surface area contributed by atoms with Crippen LogP contribution in [0.2, 0.25) is 0 Å². The Hall–Kier alpha value is -4.24. The molecule has 0 bridgehead atoms. The molecular weight excluding hydrogens is 484 g/mol. The predicted molar refractivity (Wildman–Crippen MR) is 147 cm³/mol. The molecule has 0 radical (unpaired) electrons. The molecule has 0 spiro atoms. The van der Waals surface area contributed by atoms with Crippen molar-refractivity contribution in [1.82, 2.24) is 19.9 Å². The maximum Gasteiger partial charge on any atom is 0.148 e. The van der Waals surface area contributed by atoms with Crippen LogP contribution in [0.5, 0.6) is 0 Å². The summed E-state index contributed by atoms with van der Waals surface area (Å²) in [4.78, 5) is 51.8. The molecule has 0 aromatic carbocycles. The number of aromatic amines is 4. The lowest BCUT2D eigenvalue weighted by molar-refractivity contribution is -0.115. The quantitative estimate of drug-likeness (QED) is 0.190. The monoisotopic (exact) mass is 522 g/mol. The highest BCUT2D eigenvalue weighted by Gasteiger charge is 2.16. The Balaban J connectivity index is 0.000000255. The molecule has 0 saturated carbocycles. The summed E-state index contributed by atoms with van der Waals surface area (Å²) >= 11 is 0. The number of aromatic nitrogens is 4. The van der Waals surface area contributed by atoms with Crippen molar-refractivity contribution in [3.63, 3.8) is 0 Å². The number of hydrogen-bond donors (Lipinski definition) is 5. The van der Waals surface area contributed by atoms with E-state index in [9.17, 15) is 19.2 Å². The molecule has 4 aromatic heterocycles. The van der Waals surface area contributed by atoms with Gasteiger partial charge >= 0.3 is 0 Å². The first-order valence-corrected chi connectivity index (χ1v) is 12.3. The fraction of sp³-hybridized carbons (Fsp3) is 0.310. The number of carbonyl (C=O) groups is 4. The van der Waals surface area contributed by atoms with Crippen LogP contribution in [0.25, 0.3) is 0 Å². The molecule has 0 aliphatic rings. The van der Waals surface area contributed by atoms with Crippen LogP contribution >= 0.6 is 0 Å². The zero-order valence-electron chi connectivity index (χ0n) is 21.9. The van der Waals surface area contributed by atoms with Crippen LogP contribution in [-0.4, -0.2) is 56.3 Å². The van der Waals surface area contributed by atoms with Crippen molar-refractivity contribution in [2.24, 2.45) is 5.41 Å². The van der Waals surface area contributed by atoms with Gasteiger partial charge in [-0.3, -0.25) is 0 Å². The molecule has 4 heterocycles. The molecule has 9 heteroatoms. The topological polar surface area (TPSA) is 152 Å². The lowest BCUT2D eigenvalue weighted by atomic mass is 9.89. The van der Waals surface area contributed by atoms with E-state index in [1.807, 2.05) is 69.1 Å². The minimum Gasteiger partial charge on any atom is -0.385 e. The van der Waals surface area contributed by atoms with Crippen molar-refractivity contribution in [2.45, 2.75) is 52.1 Å². The normalized spacial score (nSPS) is 10.8. The van der Waals surface area contributed by atoms with Gasteiger partial charge in [-0.1, -0.05) is 13.8 Å². The molecule has 9 nitrogen and oxygen atoms in total. The van der Waals surface area contributed by atoms with Gasteiger partial charge in [0.05, 0.1) is 0 Å². The maximum absolute atomic E-state index is 10.5. The van der Waals surface area contributed by atoms with Gasteiger partial charge in [-0.2, -0.15) is 0 Å². The average molecular weight is 523 g/mol. The van der Waals surface area contributed by atoms with E-state index in [-0.39, 0.29) is 5.41 Å². The Morgan fingerprint density at radius 2 is 1.24 bits per heavy atom. The van der Waals surface area contributed by atoms with E-state index in [0.717, 1.165) is 42.8 Å². The second-order valence-corrected chi connectivity index (χ2v) is 9.14. The van der Waals surface area contributed by atoms with Gasteiger partial charge in [-0.25, -0.2) is 0 Å². The standard InChI is InChI=1S/C9H13NO.C7H9NO2.C7H9NO.C6H7NO/c1-9(2,7-11)5-8-3-4-10-6-8;9-5-7(10)3-6-1-2-8-4-6;9-5-1-2-7-3-4-8-6-7;8-4-2-6-1-3-7-5-6/h3-4,6-7,10H,5H2,1-2H3;1-2,4-5,7-8,10H,3H2;3-6,8H,1-2H2;1,3-5,7H,2H2/t;7-;;/m.0../s1. The lowest BCUT2D eigenvalue weighted by Gasteiger charge is -2.14. The van der Waals surface area contributed by atoms with Crippen molar-refractivity contribution < 1.29 is 24.3 Å². The average Bonchev–Trinajstić information content (AvgIpc) is 3.73. The van der Waals surface area contributed by atoms with E-state index < -0.39 is 6.10 Å². The molecule has 0 saturated heterocycles. The van der Waals surface area contributed by atoms with Gasteiger partial charge in [0.15, 0.2) is 0 Å². The molecular formula is C29H38N4O5. The molecule has 38 heavy (non-hydrogen) atoms. The third-order valence-electron chi connectivity index (χ3n) is 5.10. The van der Waals surface area contributed by atoms with Crippen molar-refractivity contribution >= 4 is 25.1 Å². The van der Waals surface area contributed by atoms with Gasteiger partial charge in [0.2, 0.25) is 0 Å². The van der Waals surface area contributed by atoms with Crippen molar-refractivity contribution in [3.05, 3.63) is 96.1 Å². The molecule has 1 atom stereocenters. The fourth-order valence-corrected chi connectivity index (χ4v) is 3.13. The smallest absolute Gasteiger partial charge is 0.148 e. The number of aliphatic hydroxyl groups excluding tert-OH is 1. The molecule has 0 amide bonds. The molecule has 204 valence electrons. The summed E-state index contributed by atoms with van der Waals surface area (Å²) in [6.45, 7) is 3.88. The summed E-state index contributed by atoms with van der Waals surface area (Å²) < 4.78 is 0. The molecule has 0 aliphatic heterocycles. The second kappa shape index (κ2) is 18.9. The fourth-order valence-electron chi connectivity index (χ4n) is 3.13. The Morgan fingerprint density at radius 1 is 0.737 bits per heavy atom. The van der Waals surface area contributed by atoms with Gasteiger partial charge < -0.3 is 44.2 Å². The van der Waals surface area contributed by atoms with Gasteiger partial charge in [0.25, 0.3) is 0 Å². The third kappa shape index (κ3) is 15.0. The Bertz CT molecular complexity index is 1100. The van der Waals surface area contributed by atoms with Crippen LogP contribution in [0.15, 0.2) is 73.8 Å². The summed E-state index contributed by atoms with van der Waals surface area (Å²) in [6.07, 6.45) is 20.4. The minimum atomic E-state index is -0.865. The SMILES string of the molecule is CC(C)(C=O)Cc1cc[nH]c1.O=CCCc1cc[nH]c1.O=CCc1cc[nH]c1.O=C[C@@H](O)Cc1cc[nH]c1. The van der Waals surface area contributed by atoms with E-state index in [2.05, 4.69) is 19.9 Å². The van der Waals surface area contributed by atoms with Crippen LogP contribution in [0.3, 0.4) is 0 Å². The van der Waals surface area contributed by atoms with Gasteiger partial charge in [0, 0.05) is 74.3 Å². The molecule has 4 rings (SSSR count). The Kier molecular flexibility index (Phi) is 15.9. The summed E-state index contributed by atoms with van der Waals surface area (Å²) in [5.74, 6) is 0. The number of aryl methyl sites for hydroxylation is 1. The van der Waals surface area contributed by atoms with Crippen LogP contribution in [0.4, 0.5) is 0 Å². The summed E-state index contributed by atoms with van der Waals surface area (Å²) in [5, 5.41) is 8.85. The molecule has 0 fully saturated rings. The van der Waals surface area contributed by atoms with E-state index in [0.29, 0.717) is 25.5 Å². The number of nitrogens with one attached hydrogen (secondary N) is 4. The largest absolute Gasteiger partial charge is 0.385 e. The number of aldehydes is 4. The van der Waals surface area contributed by atoms with Gasteiger partial charge in [-0.15, -0.1) is 0 Å². The van der Waals surface area contributed by atoms with Crippen molar-refractivity contribution in [1.29, 1.82) is 0 Å². The summed E-state index contributed by atoms with van der Waals surface area (Å²) in [7, 11) is 0. The summed E-state index contributed by atoms with van der Waals surface area (Å²) in [6, 6.07) is 7.68. The first-order valence-electron chi connectivity index (χ1n) is 12.3. The van der Waals surface area contributed by atoms with E-state index in [1.165, 1.54) is 11.1 Å². The van der Waals surface area contributed by atoms with E-state index in [4.69, 9.17) is 5.11 Å². The first-order chi connectivity index (χ1) is 18.3. The lowest BCUT2D eigenvalue weighted by Crippen LogP contribution is -2.15. The number of aliphatic hydroxyl groups is 1. The van der Waals surface area contributed by atoms with Crippen LogP contribution in [-0.2, 0) is 44.9 Å². The zero-order chi connectivity index (χ0) is 28.1. The number of carbonyl (C=O) groups excluding carboxylic acids is 4. The predicted octanol–water partition coefficient (Wildman–Crippen LogP) is 3.80. The third-order valence-corrected chi connectivity index (χ3v) is 5.10. The minimum absolute atomic E-state index is 0.234. The Labute approximate surface area is 223 Å². The molecule has 0 unspecified atom stereocenters. The molecule has 0 aliphatic carbocycles. The Morgan fingerprint density at radius 3 is 1.66 bits per heavy atom. The van der Waals surface area contributed by atoms with Gasteiger partial charge in [0.1, 0.15) is 31.2 Å². The van der Waals surface area contributed by atoms with Crippen molar-refractivity contribution in [2.75, 3.05) is 0 Å². The first kappa shape index (κ1) is 31.8. The van der Waals surface area contributed by atoms with Crippen LogP contribution in [0, 0.1) is 5.41 Å². The highest BCUT2D eigenvalue weighted by atomic mass is 16.3. The van der Waals surface area contributed by atoms with E-state index in [1.54, 1.807) is 18.6 Å². The van der Waals surface area contributed by atoms with E-state index >= 15 is 0 Å². The molecule has 4 aromatic rings. The van der Waals surface area contributed by atoms with Crippen LogP contribution in [0.1, 0.15) is 42.5 Å². The highest BCUT2D eigenvalue weighted by molar-refractivity contribution is 5.58. The van der Waals surface area contributed by atoms with Crippen molar-refractivity contribution in [3.8, 4) is 0 Å². The maximum atomic E-state index is 10.5. The number of H-pyrrole nitrogens is 4. The van der Waals surface area contributed by atoms with Crippen LogP contribution < -0.4 is 0 Å².